The van der Waals surface area contributed by atoms with Gasteiger partial charge < -0.3 is 14.5 Å². The van der Waals surface area contributed by atoms with Crippen molar-refractivity contribution in [1.29, 1.82) is 0 Å². The fourth-order valence-corrected chi connectivity index (χ4v) is 2.69. The van der Waals surface area contributed by atoms with Gasteiger partial charge in [-0.1, -0.05) is 24.3 Å². The van der Waals surface area contributed by atoms with Crippen molar-refractivity contribution in [3.8, 4) is 0 Å². The van der Waals surface area contributed by atoms with E-state index in [0.717, 1.165) is 0 Å². The van der Waals surface area contributed by atoms with Gasteiger partial charge in [0.1, 0.15) is 0 Å². The molecule has 1 heterocycles. The summed E-state index contributed by atoms with van der Waals surface area (Å²) in [6.07, 6.45) is 0. The van der Waals surface area contributed by atoms with Crippen LogP contribution < -0.4 is 5.32 Å². The summed E-state index contributed by atoms with van der Waals surface area (Å²) < 4.78 is 24.0. The molecule has 1 N–H and O–H groups in total. The molecule has 0 saturated carbocycles. The predicted molar refractivity (Wildman–Crippen MR) is 96.3 cm³/mol. The normalized spacial score (nSPS) is 10.6. The lowest BCUT2D eigenvalue weighted by molar-refractivity contribution is -0.119. The summed E-state index contributed by atoms with van der Waals surface area (Å²) in [4.78, 5) is 35.8. The van der Waals surface area contributed by atoms with Crippen LogP contribution in [0.4, 0.5) is 10.1 Å². The molecule has 0 bridgehead atoms. The summed E-state index contributed by atoms with van der Waals surface area (Å²) in [5, 5.41) is 2.98. The first-order valence-corrected chi connectivity index (χ1v) is 8.13. The maximum atomic E-state index is 13.8. The van der Waals surface area contributed by atoms with Crippen molar-refractivity contribution in [2.45, 2.75) is 13.8 Å². The van der Waals surface area contributed by atoms with Crippen LogP contribution in [0.15, 0.2) is 46.9 Å². The number of hydrogen-bond donors (Lipinski definition) is 1. The zero-order valence-electron chi connectivity index (χ0n) is 14.7. The summed E-state index contributed by atoms with van der Waals surface area (Å²) in [6, 6.07) is 10.9. The van der Waals surface area contributed by atoms with Crippen LogP contribution in [-0.2, 0) is 9.53 Å². The second kappa shape index (κ2) is 7.41. The highest BCUT2D eigenvalue weighted by Crippen LogP contribution is 2.27. The van der Waals surface area contributed by atoms with Gasteiger partial charge in [0, 0.05) is 16.5 Å². The molecule has 2 aromatic carbocycles. The third-order valence-electron chi connectivity index (χ3n) is 4.02. The molecule has 0 radical (unpaired) electrons. The van der Waals surface area contributed by atoms with Crippen molar-refractivity contribution < 1.29 is 27.9 Å². The number of carbonyl (C=O) groups excluding carboxylic acids is 3. The fraction of sp³-hybridized carbons (Fsp3) is 0.150. The average Bonchev–Trinajstić information content (AvgIpc) is 2.98. The van der Waals surface area contributed by atoms with Gasteiger partial charge in [0.2, 0.25) is 5.76 Å². The molecule has 0 unspecified atom stereocenters. The highest BCUT2D eigenvalue weighted by atomic mass is 19.1. The summed E-state index contributed by atoms with van der Waals surface area (Å²) in [7, 11) is 0. The van der Waals surface area contributed by atoms with E-state index >= 15 is 0 Å². The second-order valence-electron chi connectivity index (χ2n) is 5.90. The Morgan fingerprint density at radius 2 is 1.85 bits per heavy atom. The van der Waals surface area contributed by atoms with Crippen molar-refractivity contribution >= 4 is 34.3 Å². The second-order valence-corrected chi connectivity index (χ2v) is 5.90. The van der Waals surface area contributed by atoms with Crippen molar-refractivity contribution in [1.82, 2.24) is 0 Å². The molecule has 0 aliphatic carbocycles. The minimum atomic E-state index is -0.877. The van der Waals surface area contributed by atoms with Crippen LogP contribution in [0.5, 0.6) is 0 Å². The monoisotopic (exact) mass is 369 g/mol. The topological polar surface area (TPSA) is 85.6 Å². The number of anilines is 1. The molecule has 27 heavy (non-hydrogen) atoms. The molecule has 0 saturated heterocycles. The number of para-hydroxylation sites is 2. The zero-order chi connectivity index (χ0) is 19.6. The molecule has 3 rings (SSSR count). The average molecular weight is 369 g/mol. The van der Waals surface area contributed by atoms with Gasteiger partial charge in [0.05, 0.1) is 5.69 Å². The Labute approximate surface area is 153 Å². The van der Waals surface area contributed by atoms with Gasteiger partial charge >= 0.3 is 5.97 Å². The minimum absolute atomic E-state index is 0.0400. The zero-order valence-corrected chi connectivity index (χ0v) is 14.7. The first kappa shape index (κ1) is 18.3. The number of fused-ring (bicyclic) bond motifs is 1. The quantitative estimate of drug-likeness (QED) is 0.545. The lowest BCUT2D eigenvalue weighted by Crippen LogP contribution is -2.22. The number of nitrogens with one attached hydrogen (secondary N) is 1. The van der Waals surface area contributed by atoms with Crippen molar-refractivity contribution in [2.24, 2.45) is 0 Å². The lowest BCUT2D eigenvalue weighted by Gasteiger charge is -2.09. The largest absolute Gasteiger partial charge is 0.450 e. The number of amides is 1. The molecular formula is C20H16FNO5. The SMILES string of the molecule is CC(=O)c1ccccc1NC(=O)COC(=O)c1oc2c(F)cccc2c1C. The Morgan fingerprint density at radius 3 is 2.56 bits per heavy atom. The number of aryl methyl sites for hydroxylation is 1. The Balaban J connectivity index is 1.70. The van der Waals surface area contributed by atoms with Crippen LogP contribution >= 0.6 is 0 Å². The Bertz CT molecular complexity index is 1050. The van der Waals surface area contributed by atoms with Crippen LogP contribution in [0.25, 0.3) is 11.0 Å². The van der Waals surface area contributed by atoms with E-state index < -0.39 is 24.3 Å². The van der Waals surface area contributed by atoms with Gasteiger partial charge in [-0.15, -0.1) is 0 Å². The highest BCUT2D eigenvalue weighted by Gasteiger charge is 2.21. The van der Waals surface area contributed by atoms with E-state index in [9.17, 15) is 18.8 Å². The van der Waals surface area contributed by atoms with Gasteiger partial charge in [-0.25, -0.2) is 9.18 Å². The van der Waals surface area contributed by atoms with E-state index in [2.05, 4.69) is 5.32 Å². The Morgan fingerprint density at radius 1 is 1.11 bits per heavy atom. The number of hydrogen-bond acceptors (Lipinski definition) is 5. The van der Waals surface area contributed by atoms with Crippen LogP contribution in [0, 0.1) is 12.7 Å². The Kier molecular flexibility index (Phi) is 5.03. The molecule has 7 heteroatoms. The van der Waals surface area contributed by atoms with E-state index in [1.165, 1.54) is 19.1 Å². The number of esters is 1. The van der Waals surface area contributed by atoms with E-state index in [4.69, 9.17) is 9.15 Å². The summed E-state index contributed by atoms with van der Waals surface area (Å²) in [6.45, 7) is 2.41. The highest BCUT2D eigenvalue weighted by molar-refractivity contribution is 6.04. The number of furan rings is 1. The van der Waals surface area contributed by atoms with Crippen LogP contribution in [-0.4, -0.2) is 24.3 Å². The summed E-state index contributed by atoms with van der Waals surface area (Å²) >= 11 is 0. The fourth-order valence-electron chi connectivity index (χ4n) is 2.69. The predicted octanol–water partition coefficient (Wildman–Crippen LogP) is 3.88. The molecule has 0 spiro atoms. The molecule has 1 amide bonds. The van der Waals surface area contributed by atoms with Crippen LogP contribution in [0.3, 0.4) is 0 Å². The number of carbonyl (C=O) groups is 3. The molecule has 0 fully saturated rings. The minimum Gasteiger partial charge on any atom is -0.450 e. The third kappa shape index (κ3) is 3.72. The van der Waals surface area contributed by atoms with E-state index in [-0.39, 0.29) is 17.1 Å². The number of benzene rings is 2. The van der Waals surface area contributed by atoms with Gasteiger partial charge in [-0.05, 0) is 32.0 Å². The molecule has 1 aromatic heterocycles. The molecule has 3 aromatic rings. The molecular weight excluding hydrogens is 353 g/mol. The molecule has 6 nitrogen and oxygen atoms in total. The standard InChI is InChI=1S/C20H16FNO5/c1-11-13-7-5-8-15(21)19(13)27-18(11)20(25)26-10-17(24)22-16-9-4-3-6-14(16)12(2)23/h3-9H,10H2,1-2H3,(H,22,24). The number of rotatable bonds is 5. The first-order valence-electron chi connectivity index (χ1n) is 8.13. The lowest BCUT2D eigenvalue weighted by atomic mass is 10.1. The molecule has 0 aliphatic rings. The molecule has 0 atom stereocenters. The van der Waals surface area contributed by atoms with Gasteiger partial charge in [-0.2, -0.15) is 0 Å². The molecule has 138 valence electrons. The van der Waals surface area contributed by atoms with Crippen molar-refractivity contribution in [3.63, 3.8) is 0 Å². The van der Waals surface area contributed by atoms with Gasteiger partial charge in [-0.3, -0.25) is 9.59 Å². The van der Waals surface area contributed by atoms with Crippen molar-refractivity contribution in [2.75, 3.05) is 11.9 Å². The smallest absolute Gasteiger partial charge is 0.375 e. The number of Topliss-reactive ketones (excluding diaryl/α,β-unsaturated/α-hetero) is 1. The summed E-state index contributed by atoms with van der Waals surface area (Å²) in [5.74, 6) is -2.45. The number of ketones is 1. The third-order valence-corrected chi connectivity index (χ3v) is 4.02. The van der Waals surface area contributed by atoms with E-state index in [0.29, 0.717) is 22.2 Å². The van der Waals surface area contributed by atoms with Gasteiger partial charge in [0.15, 0.2) is 23.8 Å². The van der Waals surface area contributed by atoms with E-state index in [1.54, 1.807) is 37.3 Å². The first-order chi connectivity index (χ1) is 12.9. The van der Waals surface area contributed by atoms with Crippen LogP contribution in [0.1, 0.15) is 33.4 Å². The molecule has 0 aliphatic heterocycles. The van der Waals surface area contributed by atoms with Crippen molar-refractivity contribution in [3.05, 3.63) is 65.2 Å². The maximum absolute atomic E-state index is 13.8. The maximum Gasteiger partial charge on any atom is 0.375 e. The number of ether oxygens (including phenoxy) is 1. The number of halogens is 1. The van der Waals surface area contributed by atoms with Gasteiger partial charge in [0.25, 0.3) is 5.91 Å². The Hall–Kier alpha value is -3.48. The summed E-state index contributed by atoms with van der Waals surface area (Å²) in [5.41, 5.74) is 1.06. The van der Waals surface area contributed by atoms with E-state index in [1.807, 2.05) is 0 Å². The van der Waals surface area contributed by atoms with Crippen LogP contribution in [0.2, 0.25) is 0 Å².